The number of benzene rings is 1. The molecule has 0 saturated heterocycles. The summed E-state index contributed by atoms with van der Waals surface area (Å²) in [6.45, 7) is 4.73. The molecule has 4 nitrogen and oxygen atoms in total. The minimum absolute atomic E-state index is 0.246. The predicted octanol–water partition coefficient (Wildman–Crippen LogP) is 3.68. The third-order valence-corrected chi connectivity index (χ3v) is 6.33. The van der Waals surface area contributed by atoms with E-state index in [9.17, 15) is 4.79 Å². The number of hydrogen-bond donors (Lipinski definition) is 0. The van der Waals surface area contributed by atoms with Gasteiger partial charge < -0.3 is 9.13 Å². The highest BCUT2D eigenvalue weighted by molar-refractivity contribution is 7.99. The predicted molar refractivity (Wildman–Crippen MR) is 93.0 cm³/mol. The molecule has 0 spiro atoms. The van der Waals surface area contributed by atoms with Gasteiger partial charge in [0.15, 0.2) is 5.78 Å². The molecule has 118 valence electrons. The van der Waals surface area contributed by atoms with Crippen LogP contribution in [0.5, 0.6) is 0 Å². The molecule has 3 aromatic rings. The second-order valence-corrected chi connectivity index (χ2v) is 7.50. The second kappa shape index (κ2) is 4.99. The van der Waals surface area contributed by atoms with Crippen molar-refractivity contribution in [2.45, 2.75) is 25.4 Å². The molecule has 23 heavy (non-hydrogen) atoms. The maximum absolute atomic E-state index is 13.3. The SMILES string of the molecule is Cc1nccn1CC1(C)CSc2c(c3ccccc3n2C)C1=O. The van der Waals surface area contributed by atoms with E-state index in [1.165, 1.54) is 0 Å². The first-order valence-corrected chi connectivity index (χ1v) is 8.72. The molecule has 0 fully saturated rings. The highest BCUT2D eigenvalue weighted by Crippen LogP contribution is 2.44. The minimum Gasteiger partial charge on any atom is -0.338 e. The number of ketones is 1. The standard InChI is InChI=1S/C18H19N3OS/c1-12-19-8-9-21(12)10-18(2)11-23-17-15(16(18)22)13-6-4-5-7-14(13)20(17)3/h4-9H,10-11H2,1-3H3. The fourth-order valence-corrected chi connectivity index (χ4v) is 4.73. The first kappa shape index (κ1) is 14.6. The number of fused-ring (bicyclic) bond motifs is 3. The monoisotopic (exact) mass is 325 g/mol. The molecule has 2 aromatic heterocycles. The van der Waals surface area contributed by atoms with Crippen molar-refractivity contribution < 1.29 is 4.79 Å². The number of para-hydroxylation sites is 1. The summed E-state index contributed by atoms with van der Waals surface area (Å²) < 4.78 is 4.23. The molecule has 1 aliphatic heterocycles. The van der Waals surface area contributed by atoms with Crippen LogP contribution in [0.15, 0.2) is 41.7 Å². The smallest absolute Gasteiger partial charge is 0.174 e. The van der Waals surface area contributed by atoms with Gasteiger partial charge in [-0.2, -0.15) is 0 Å². The summed E-state index contributed by atoms with van der Waals surface area (Å²) in [5.74, 6) is 1.99. The summed E-state index contributed by atoms with van der Waals surface area (Å²) in [4.78, 5) is 17.6. The first-order chi connectivity index (χ1) is 11.0. The number of nitrogens with zero attached hydrogens (tertiary/aromatic N) is 3. The van der Waals surface area contributed by atoms with E-state index in [0.29, 0.717) is 6.54 Å². The van der Waals surface area contributed by atoms with E-state index in [-0.39, 0.29) is 5.78 Å². The molecule has 1 aromatic carbocycles. The van der Waals surface area contributed by atoms with Gasteiger partial charge >= 0.3 is 0 Å². The van der Waals surface area contributed by atoms with Gasteiger partial charge in [-0.3, -0.25) is 4.79 Å². The summed E-state index contributed by atoms with van der Waals surface area (Å²) >= 11 is 1.79. The highest BCUT2D eigenvalue weighted by atomic mass is 32.2. The number of aryl methyl sites for hydroxylation is 2. The molecule has 0 radical (unpaired) electrons. The third-order valence-electron chi connectivity index (χ3n) is 4.80. The van der Waals surface area contributed by atoms with Crippen LogP contribution in [0.25, 0.3) is 10.9 Å². The maximum atomic E-state index is 13.3. The molecule has 3 heterocycles. The van der Waals surface area contributed by atoms with Crippen LogP contribution in [0.2, 0.25) is 0 Å². The Morgan fingerprint density at radius 1 is 1.35 bits per heavy atom. The summed E-state index contributed by atoms with van der Waals surface area (Å²) in [6, 6.07) is 8.17. The number of hydrogen-bond acceptors (Lipinski definition) is 3. The molecule has 5 heteroatoms. The number of carbonyl (C=O) groups is 1. The van der Waals surface area contributed by atoms with E-state index in [2.05, 4.69) is 33.2 Å². The molecule has 4 rings (SSSR count). The molecular formula is C18H19N3OS. The van der Waals surface area contributed by atoms with Gasteiger partial charge in [0.1, 0.15) is 5.82 Å². The summed E-state index contributed by atoms with van der Waals surface area (Å²) in [6.07, 6.45) is 3.75. The Morgan fingerprint density at radius 3 is 2.87 bits per heavy atom. The highest BCUT2D eigenvalue weighted by Gasteiger charge is 2.42. The molecule has 1 atom stereocenters. The van der Waals surface area contributed by atoms with Gasteiger partial charge in [-0.25, -0.2) is 4.98 Å². The van der Waals surface area contributed by atoms with Crippen molar-refractivity contribution in [3.8, 4) is 0 Å². The number of rotatable bonds is 2. The minimum atomic E-state index is -0.409. The molecule has 0 bridgehead atoms. The fraction of sp³-hybridized carbons (Fsp3) is 0.333. The van der Waals surface area contributed by atoms with Crippen molar-refractivity contribution in [2.24, 2.45) is 12.5 Å². The molecule has 0 aliphatic carbocycles. The number of Topliss-reactive ketones (excluding diaryl/α,β-unsaturated/α-hetero) is 1. The number of carbonyl (C=O) groups excluding carboxylic acids is 1. The Balaban J connectivity index is 1.83. The summed E-state index contributed by atoms with van der Waals surface area (Å²) in [7, 11) is 2.05. The average Bonchev–Trinajstić information content (AvgIpc) is 3.06. The lowest BCUT2D eigenvalue weighted by Gasteiger charge is -2.32. The largest absolute Gasteiger partial charge is 0.338 e. The van der Waals surface area contributed by atoms with Crippen LogP contribution in [0.4, 0.5) is 0 Å². The maximum Gasteiger partial charge on any atom is 0.174 e. The quantitative estimate of drug-likeness (QED) is 0.721. The Kier molecular flexibility index (Phi) is 3.17. The van der Waals surface area contributed by atoms with Crippen LogP contribution in [0.1, 0.15) is 23.1 Å². The normalized spacial score (nSPS) is 20.9. The van der Waals surface area contributed by atoms with Crippen LogP contribution < -0.4 is 0 Å². The topological polar surface area (TPSA) is 39.8 Å². The Labute approximate surface area is 139 Å². The van der Waals surface area contributed by atoms with Gasteiger partial charge in [0.25, 0.3) is 0 Å². The second-order valence-electron chi connectivity index (χ2n) is 6.54. The average molecular weight is 325 g/mol. The van der Waals surface area contributed by atoms with E-state index in [0.717, 1.165) is 33.1 Å². The van der Waals surface area contributed by atoms with Crippen LogP contribution >= 0.6 is 11.8 Å². The van der Waals surface area contributed by atoms with Crippen molar-refractivity contribution in [3.05, 3.63) is 48.0 Å². The first-order valence-electron chi connectivity index (χ1n) is 7.74. The fourth-order valence-electron chi connectivity index (χ4n) is 3.42. The zero-order valence-corrected chi connectivity index (χ0v) is 14.4. The van der Waals surface area contributed by atoms with Crippen molar-refractivity contribution in [1.82, 2.24) is 14.1 Å². The Morgan fingerprint density at radius 2 is 2.13 bits per heavy atom. The number of thioether (sulfide) groups is 1. The van der Waals surface area contributed by atoms with Crippen molar-refractivity contribution >= 4 is 28.4 Å². The van der Waals surface area contributed by atoms with Gasteiger partial charge in [0.2, 0.25) is 0 Å². The lowest BCUT2D eigenvalue weighted by atomic mass is 9.83. The molecule has 0 N–H and O–H groups in total. The van der Waals surface area contributed by atoms with E-state index >= 15 is 0 Å². The van der Waals surface area contributed by atoms with Gasteiger partial charge in [-0.05, 0) is 19.9 Å². The van der Waals surface area contributed by atoms with Crippen LogP contribution in [-0.2, 0) is 13.6 Å². The Hall–Kier alpha value is -2.01. The van der Waals surface area contributed by atoms with E-state index < -0.39 is 5.41 Å². The molecule has 1 aliphatic rings. The molecule has 0 amide bonds. The lowest BCUT2D eigenvalue weighted by Crippen LogP contribution is -2.38. The summed E-state index contributed by atoms with van der Waals surface area (Å²) in [5, 5.41) is 2.16. The number of imidazole rings is 1. The van der Waals surface area contributed by atoms with E-state index in [1.807, 2.05) is 32.3 Å². The molecule has 1 unspecified atom stereocenters. The van der Waals surface area contributed by atoms with E-state index in [4.69, 9.17) is 0 Å². The zero-order chi connectivity index (χ0) is 16.2. The van der Waals surface area contributed by atoms with Crippen molar-refractivity contribution in [3.63, 3.8) is 0 Å². The third kappa shape index (κ3) is 2.06. The van der Waals surface area contributed by atoms with Crippen molar-refractivity contribution in [1.29, 1.82) is 0 Å². The summed E-state index contributed by atoms with van der Waals surface area (Å²) in [5.41, 5.74) is 1.61. The number of aromatic nitrogens is 3. The van der Waals surface area contributed by atoms with E-state index in [1.54, 1.807) is 18.0 Å². The molecule has 0 saturated carbocycles. The van der Waals surface area contributed by atoms with Gasteiger partial charge in [-0.15, -0.1) is 11.8 Å². The van der Waals surface area contributed by atoms with Crippen LogP contribution in [0.3, 0.4) is 0 Å². The van der Waals surface area contributed by atoms with Crippen molar-refractivity contribution in [2.75, 3.05) is 5.75 Å². The Bertz CT molecular complexity index is 924. The van der Waals surface area contributed by atoms with Crippen LogP contribution in [-0.4, -0.2) is 25.7 Å². The van der Waals surface area contributed by atoms with Gasteiger partial charge in [0.05, 0.1) is 16.0 Å². The van der Waals surface area contributed by atoms with Gasteiger partial charge in [-0.1, -0.05) is 18.2 Å². The van der Waals surface area contributed by atoms with Gasteiger partial charge in [0, 0.05) is 42.6 Å². The lowest BCUT2D eigenvalue weighted by molar-refractivity contribution is 0.0813. The molecular weight excluding hydrogens is 306 g/mol. The van der Waals surface area contributed by atoms with Crippen LogP contribution in [0, 0.1) is 12.3 Å². The zero-order valence-electron chi connectivity index (χ0n) is 13.5.